The van der Waals surface area contributed by atoms with Gasteiger partial charge in [-0.1, -0.05) is 90.4 Å². The predicted octanol–water partition coefficient (Wildman–Crippen LogP) is 6.84. The third kappa shape index (κ3) is 13.9. The number of phosphoric ester groups is 1. The molecule has 1 fully saturated rings. The second-order valence-corrected chi connectivity index (χ2v) is 10.9. The number of unbranched alkanes of at least 4 members (excludes halogenated alkanes) is 13. The van der Waals surface area contributed by atoms with Crippen molar-refractivity contribution in [2.75, 3.05) is 33.9 Å². The molecule has 6 heteroatoms. The van der Waals surface area contributed by atoms with E-state index in [1.54, 1.807) is 0 Å². The van der Waals surface area contributed by atoms with E-state index < -0.39 is 7.82 Å². The summed E-state index contributed by atoms with van der Waals surface area (Å²) in [5.74, 6) is 0. The topological polar surface area (TPSA) is 55.8 Å². The van der Waals surface area contributed by atoms with Crippen molar-refractivity contribution >= 4 is 7.82 Å². The van der Waals surface area contributed by atoms with Crippen LogP contribution in [0.1, 0.15) is 110 Å². The molecule has 174 valence electrons. The van der Waals surface area contributed by atoms with Gasteiger partial charge >= 0.3 is 7.82 Å². The highest BCUT2D eigenvalue weighted by atomic mass is 31.2. The number of hydrogen-bond donors (Lipinski definition) is 1. The molecule has 2 unspecified atom stereocenters. The van der Waals surface area contributed by atoms with E-state index in [2.05, 4.69) is 21.0 Å². The standard InChI is InChI=1S/C23H48NO4P/c1-4-5-6-7-8-9-10-11-12-13-14-15-16-17-21-27-29(25,26)28-22-23-19-18-20-24(23,2)3/h23H,4-22H2,1-3H3/p+1. The van der Waals surface area contributed by atoms with Crippen molar-refractivity contribution in [1.82, 2.24) is 0 Å². The summed E-state index contributed by atoms with van der Waals surface area (Å²) in [6.07, 6.45) is 20.3. The highest BCUT2D eigenvalue weighted by Crippen LogP contribution is 2.44. The molecule has 0 radical (unpaired) electrons. The van der Waals surface area contributed by atoms with Crippen molar-refractivity contribution in [3.63, 3.8) is 0 Å². The van der Waals surface area contributed by atoms with Gasteiger partial charge in [0.1, 0.15) is 12.6 Å². The van der Waals surface area contributed by atoms with Crippen LogP contribution in [0, 0.1) is 0 Å². The van der Waals surface area contributed by atoms with Crippen LogP contribution in [0.3, 0.4) is 0 Å². The van der Waals surface area contributed by atoms with Crippen LogP contribution >= 0.6 is 7.82 Å². The molecule has 0 amide bonds. The summed E-state index contributed by atoms with van der Waals surface area (Å²) in [5, 5.41) is 0. The van der Waals surface area contributed by atoms with Gasteiger partial charge in [-0.05, 0) is 6.42 Å². The summed E-state index contributed by atoms with van der Waals surface area (Å²) in [7, 11) is 0.405. The van der Waals surface area contributed by atoms with Crippen molar-refractivity contribution in [3.8, 4) is 0 Å². The molecule has 0 aromatic rings. The Morgan fingerprint density at radius 2 is 1.31 bits per heavy atom. The number of quaternary nitrogens is 1. The molecule has 0 saturated carbocycles. The van der Waals surface area contributed by atoms with Gasteiger partial charge in [0.2, 0.25) is 0 Å². The fraction of sp³-hybridized carbons (Fsp3) is 1.00. The summed E-state index contributed by atoms with van der Waals surface area (Å²) in [4.78, 5) is 9.85. The normalized spacial score (nSPS) is 20.8. The maximum Gasteiger partial charge on any atom is 0.472 e. The summed E-state index contributed by atoms with van der Waals surface area (Å²) in [6, 6.07) is 0.292. The minimum atomic E-state index is -3.90. The van der Waals surface area contributed by atoms with Gasteiger partial charge in [-0.2, -0.15) is 0 Å². The van der Waals surface area contributed by atoms with Gasteiger partial charge in [-0.15, -0.1) is 0 Å². The SMILES string of the molecule is CCCCCCCCCCCCCCCCOP(=O)(O)OCC1CCC[N+]1(C)C. The minimum absolute atomic E-state index is 0.292. The van der Waals surface area contributed by atoms with Crippen molar-refractivity contribution in [3.05, 3.63) is 0 Å². The van der Waals surface area contributed by atoms with E-state index in [9.17, 15) is 9.46 Å². The van der Waals surface area contributed by atoms with Crippen LogP contribution in [-0.2, 0) is 13.6 Å². The number of likely N-dealkylation sites (tertiary alicyclic amines) is 1. The number of nitrogens with zero attached hydrogens (tertiary/aromatic N) is 1. The Hall–Kier alpha value is 0.0700. The molecule has 1 N–H and O–H groups in total. The Balaban J connectivity index is 1.87. The van der Waals surface area contributed by atoms with Crippen LogP contribution in [0.15, 0.2) is 0 Å². The molecule has 0 aliphatic carbocycles. The largest absolute Gasteiger partial charge is 0.472 e. The maximum atomic E-state index is 12.0. The first-order valence-electron chi connectivity index (χ1n) is 12.3. The second kappa shape index (κ2) is 15.8. The monoisotopic (exact) mass is 434 g/mol. The average Bonchev–Trinajstić information content (AvgIpc) is 3.01. The first kappa shape index (κ1) is 27.1. The molecule has 2 atom stereocenters. The van der Waals surface area contributed by atoms with Crippen LogP contribution in [0.2, 0.25) is 0 Å². The van der Waals surface area contributed by atoms with Gasteiger partial charge in [0, 0.05) is 12.8 Å². The minimum Gasteiger partial charge on any atom is -0.324 e. The lowest BCUT2D eigenvalue weighted by molar-refractivity contribution is -0.902. The summed E-state index contributed by atoms with van der Waals surface area (Å²) in [5.41, 5.74) is 0. The van der Waals surface area contributed by atoms with Crippen molar-refractivity contribution in [2.24, 2.45) is 0 Å². The lowest BCUT2D eigenvalue weighted by Crippen LogP contribution is -2.46. The molecule has 29 heavy (non-hydrogen) atoms. The van der Waals surface area contributed by atoms with E-state index in [1.165, 1.54) is 77.0 Å². The highest BCUT2D eigenvalue weighted by molar-refractivity contribution is 7.47. The molecule has 1 saturated heterocycles. The zero-order valence-electron chi connectivity index (χ0n) is 19.6. The Morgan fingerprint density at radius 1 is 0.828 bits per heavy atom. The summed E-state index contributed by atoms with van der Waals surface area (Å²) in [6.45, 7) is 3.99. The maximum absolute atomic E-state index is 12.0. The van der Waals surface area contributed by atoms with E-state index in [4.69, 9.17) is 9.05 Å². The third-order valence-corrected chi connectivity index (χ3v) is 7.43. The number of rotatable bonds is 19. The fourth-order valence-corrected chi connectivity index (χ4v) is 5.04. The lowest BCUT2D eigenvalue weighted by atomic mass is 10.0. The van der Waals surface area contributed by atoms with E-state index in [1.807, 2.05) is 0 Å². The van der Waals surface area contributed by atoms with Gasteiger partial charge in [0.25, 0.3) is 0 Å². The highest BCUT2D eigenvalue weighted by Gasteiger charge is 2.36. The molecule has 0 bridgehead atoms. The number of phosphoric acid groups is 1. The quantitative estimate of drug-likeness (QED) is 0.137. The van der Waals surface area contributed by atoms with Crippen LogP contribution in [0.25, 0.3) is 0 Å². The summed E-state index contributed by atoms with van der Waals surface area (Å²) < 4.78 is 23.3. The van der Waals surface area contributed by atoms with E-state index in [0.29, 0.717) is 19.3 Å². The Labute approximate surface area is 180 Å². The van der Waals surface area contributed by atoms with Crippen LogP contribution in [-0.4, -0.2) is 49.3 Å². The van der Waals surface area contributed by atoms with E-state index >= 15 is 0 Å². The molecule has 5 nitrogen and oxygen atoms in total. The smallest absolute Gasteiger partial charge is 0.324 e. The molecule has 1 rings (SSSR count). The third-order valence-electron chi connectivity index (χ3n) is 6.44. The van der Waals surface area contributed by atoms with Crippen LogP contribution in [0.5, 0.6) is 0 Å². The molecule has 1 heterocycles. The molecular weight excluding hydrogens is 385 g/mol. The van der Waals surface area contributed by atoms with Gasteiger partial charge in [0.05, 0.1) is 27.2 Å². The second-order valence-electron chi connectivity index (χ2n) is 9.49. The van der Waals surface area contributed by atoms with E-state index in [0.717, 1.165) is 36.7 Å². The average molecular weight is 435 g/mol. The number of hydrogen-bond acceptors (Lipinski definition) is 3. The molecule has 0 aromatic carbocycles. The Kier molecular flexibility index (Phi) is 14.8. The van der Waals surface area contributed by atoms with Crippen LogP contribution < -0.4 is 0 Å². The van der Waals surface area contributed by atoms with Crippen molar-refractivity contribution in [1.29, 1.82) is 0 Å². The summed E-state index contributed by atoms with van der Waals surface area (Å²) >= 11 is 0. The molecule has 1 aliphatic heterocycles. The Morgan fingerprint density at radius 3 is 1.76 bits per heavy atom. The first-order chi connectivity index (χ1) is 13.9. The van der Waals surface area contributed by atoms with Gasteiger partial charge < -0.3 is 9.38 Å². The number of likely N-dealkylation sites (N-methyl/N-ethyl adjacent to an activating group) is 1. The van der Waals surface area contributed by atoms with Crippen molar-refractivity contribution in [2.45, 2.75) is 116 Å². The van der Waals surface area contributed by atoms with Gasteiger partial charge in [0.15, 0.2) is 0 Å². The van der Waals surface area contributed by atoms with Gasteiger partial charge in [-0.25, -0.2) is 4.57 Å². The van der Waals surface area contributed by atoms with E-state index in [-0.39, 0.29) is 0 Å². The van der Waals surface area contributed by atoms with Crippen LogP contribution in [0.4, 0.5) is 0 Å². The molecule has 1 aliphatic rings. The molecule has 0 spiro atoms. The zero-order chi connectivity index (χ0) is 21.4. The molecular formula is C23H49NO4P+. The lowest BCUT2D eigenvalue weighted by Gasteiger charge is -2.31. The van der Waals surface area contributed by atoms with Crippen molar-refractivity contribution < 1.29 is 23.0 Å². The van der Waals surface area contributed by atoms with Gasteiger partial charge in [-0.3, -0.25) is 9.05 Å². The Bertz CT molecular complexity index is 445. The zero-order valence-corrected chi connectivity index (χ0v) is 20.5. The fourth-order valence-electron chi connectivity index (χ4n) is 4.25. The first-order valence-corrected chi connectivity index (χ1v) is 13.8. The predicted molar refractivity (Wildman–Crippen MR) is 122 cm³/mol. The molecule has 0 aromatic heterocycles.